The Labute approximate surface area is 181 Å². The molecule has 1 aliphatic rings. The maximum atomic E-state index is 12.5. The molecule has 0 N–H and O–H groups in total. The molecule has 3 aromatic carbocycles. The Kier molecular flexibility index (Phi) is 5.74. The first-order valence-corrected chi connectivity index (χ1v) is 10.0. The quantitative estimate of drug-likeness (QED) is 0.202. The molecule has 0 atom stereocenters. The zero-order valence-electron chi connectivity index (χ0n) is 15.4. The van der Waals surface area contributed by atoms with Crippen LogP contribution in [0.1, 0.15) is 15.9 Å². The van der Waals surface area contributed by atoms with E-state index >= 15 is 0 Å². The van der Waals surface area contributed by atoms with Gasteiger partial charge in [0.15, 0.2) is 17.3 Å². The lowest BCUT2D eigenvalue weighted by Gasteiger charge is -2.05. The molecule has 0 unspecified atom stereocenters. The molecule has 0 saturated heterocycles. The van der Waals surface area contributed by atoms with Crippen molar-refractivity contribution < 1.29 is 19.2 Å². The van der Waals surface area contributed by atoms with Crippen molar-refractivity contribution in [3.8, 4) is 11.5 Å². The van der Waals surface area contributed by atoms with Gasteiger partial charge in [-0.3, -0.25) is 14.9 Å². The van der Waals surface area contributed by atoms with Gasteiger partial charge < -0.3 is 9.47 Å². The molecule has 6 nitrogen and oxygen atoms in total. The molecule has 0 aromatic heterocycles. The van der Waals surface area contributed by atoms with E-state index < -0.39 is 4.92 Å². The fourth-order valence-corrected chi connectivity index (χ4v) is 3.84. The van der Waals surface area contributed by atoms with E-state index in [1.54, 1.807) is 60.7 Å². The second kappa shape index (κ2) is 8.61. The molecule has 150 valence electrons. The number of halogens is 1. The molecule has 0 bridgehead atoms. The van der Waals surface area contributed by atoms with Crippen LogP contribution in [0.25, 0.3) is 6.08 Å². The van der Waals surface area contributed by atoms with Crippen molar-refractivity contribution in [2.75, 3.05) is 6.79 Å². The average Bonchev–Trinajstić information content (AvgIpc) is 3.21. The number of carbonyl (C=O) groups excluding carboxylic acids is 1. The van der Waals surface area contributed by atoms with Gasteiger partial charge in [-0.05, 0) is 60.2 Å². The number of ketones is 1. The summed E-state index contributed by atoms with van der Waals surface area (Å²) in [5, 5.41) is 12.1. The van der Waals surface area contributed by atoms with Crippen molar-refractivity contribution >= 4 is 40.9 Å². The molecule has 8 heteroatoms. The second-order valence-corrected chi connectivity index (χ2v) is 7.86. The summed E-state index contributed by atoms with van der Waals surface area (Å²) in [5.41, 5.74) is 0.869. The van der Waals surface area contributed by atoms with Gasteiger partial charge in [-0.15, -0.1) is 0 Å². The zero-order valence-corrected chi connectivity index (χ0v) is 17.0. The van der Waals surface area contributed by atoms with E-state index in [1.165, 1.54) is 23.9 Å². The topological polar surface area (TPSA) is 78.7 Å². The number of nitro groups is 1. The number of ether oxygens (including phenoxy) is 2. The van der Waals surface area contributed by atoms with Crippen LogP contribution in [0.5, 0.6) is 11.5 Å². The van der Waals surface area contributed by atoms with E-state index in [9.17, 15) is 14.9 Å². The first-order chi connectivity index (χ1) is 14.5. The summed E-state index contributed by atoms with van der Waals surface area (Å²) in [6.45, 7) is 0.172. The Hall–Kier alpha value is -3.29. The summed E-state index contributed by atoms with van der Waals surface area (Å²) in [6.07, 6.45) is 3.01. The van der Waals surface area contributed by atoms with E-state index in [2.05, 4.69) is 0 Å². The molecule has 0 radical (unpaired) electrons. The van der Waals surface area contributed by atoms with Crippen LogP contribution in [0.3, 0.4) is 0 Å². The van der Waals surface area contributed by atoms with Crippen molar-refractivity contribution in [3.05, 3.63) is 93.0 Å². The molecule has 0 spiro atoms. The number of benzene rings is 3. The number of rotatable bonds is 6. The minimum atomic E-state index is -0.490. The molecule has 1 heterocycles. The lowest BCUT2D eigenvalue weighted by molar-refractivity contribution is -0.387. The van der Waals surface area contributed by atoms with Crippen LogP contribution in [0.4, 0.5) is 5.69 Å². The molecule has 0 amide bonds. The lowest BCUT2D eigenvalue weighted by Crippen LogP contribution is -1.98. The average molecular weight is 440 g/mol. The largest absolute Gasteiger partial charge is 0.454 e. The Morgan fingerprint density at radius 1 is 1.03 bits per heavy atom. The summed E-state index contributed by atoms with van der Waals surface area (Å²) in [4.78, 5) is 24.9. The third kappa shape index (κ3) is 4.48. The van der Waals surface area contributed by atoms with Gasteiger partial charge in [0.05, 0.1) is 9.82 Å². The number of nitro benzene ring substituents is 1. The maximum Gasteiger partial charge on any atom is 0.283 e. The highest BCUT2D eigenvalue weighted by Crippen LogP contribution is 2.36. The Bertz CT molecular complexity index is 1160. The highest BCUT2D eigenvalue weighted by Gasteiger charge is 2.18. The van der Waals surface area contributed by atoms with Crippen molar-refractivity contribution in [2.45, 2.75) is 9.79 Å². The Morgan fingerprint density at radius 2 is 1.80 bits per heavy atom. The smallest absolute Gasteiger partial charge is 0.283 e. The molecule has 3 aromatic rings. The number of fused-ring (bicyclic) bond motifs is 1. The van der Waals surface area contributed by atoms with Crippen molar-refractivity contribution in [2.24, 2.45) is 0 Å². The maximum absolute atomic E-state index is 12.5. The third-order valence-electron chi connectivity index (χ3n) is 4.31. The summed E-state index contributed by atoms with van der Waals surface area (Å²) >= 11 is 7.12. The van der Waals surface area contributed by atoms with Crippen LogP contribution in [-0.2, 0) is 0 Å². The van der Waals surface area contributed by atoms with E-state index in [4.69, 9.17) is 21.1 Å². The Balaban J connectivity index is 1.54. The van der Waals surface area contributed by atoms with Gasteiger partial charge in [-0.1, -0.05) is 35.5 Å². The van der Waals surface area contributed by atoms with Crippen LogP contribution in [0.15, 0.2) is 76.5 Å². The van der Waals surface area contributed by atoms with Gasteiger partial charge in [-0.25, -0.2) is 0 Å². The number of nitrogens with zero attached hydrogens (tertiary/aromatic N) is 1. The molecule has 0 aliphatic carbocycles. The first-order valence-electron chi connectivity index (χ1n) is 8.83. The minimum Gasteiger partial charge on any atom is -0.454 e. The van der Waals surface area contributed by atoms with Crippen LogP contribution in [0.2, 0.25) is 5.02 Å². The standard InChI is InChI=1S/C22H14ClNO5S/c23-16-4-6-17(7-5-16)30-22-10-3-15(12-18(22)24(26)27)19(25)8-1-14-2-9-20-21(11-14)29-13-28-20/h1-12H,13H2/b8-1+. The highest BCUT2D eigenvalue weighted by atomic mass is 35.5. The molecular formula is C22H14ClNO5S. The third-order valence-corrected chi connectivity index (χ3v) is 5.63. The van der Waals surface area contributed by atoms with E-state index in [0.717, 1.165) is 10.5 Å². The normalized spacial score (nSPS) is 12.3. The van der Waals surface area contributed by atoms with Gasteiger partial charge in [-0.2, -0.15) is 0 Å². The van der Waals surface area contributed by atoms with Gasteiger partial charge in [0.25, 0.3) is 5.69 Å². The summed E-state index contributed by atoms with van der Waals surface area (Å²) in [7, 11) is 0. The predicted octanol–water partition coefficient (Wildman–Crippen LogP) is 6.02. The minimum absolute atomic E-state index is 0.128. The van der Waals surface area contributed by atoms with Crippen LogP contribution in [-0.4, -0.2) is 17.5 Å². The van der Waals surface area contributed by atoms with Crippen LogP contribution < -0.4 is 9.47 Å². The van der Waals surface area contributed by atoms with Gasteiger partial charge in [0, 0.05) is 21.5 Å². The van der Waals surface area contributed by atoms with Gasteiger partial charge in [0.1, 0.15) is 0 Å². The van der Waals surface area contributed by atoms with Crippen molar-refractivity contribution in [3.63, 3.8) is 0 Å². The summed E-state index contributed by atoms with van der Waals surface area (Å²) < 4.78 is 10.6. The summed E-state index contributed by atoms with van der Waals surface area (Å²) in [5.74, 6) is 0.936. The Morgan fingerprint density at radius 3 is 2.57 bits per heavy atom. The van der Waals surface area contributed by atoms with Gasteiger partial charge >= 0.3 is 0 Å². The molecule has 1 aliphatic heterocycles. The molecule has 4 rings (SSSR count). The van der Waals surface area contributed by atoms with E-state index in [-0.39, 0.29) is 23.8 Å². The van der Waals surface area contributed by atoms with Crippen LogP contribution >= 0.6 is 23.4 Å². The van der Waals surface area contributed by atoms with Crippen LogP contribution in [0, 0.1) is 10.1 Å². The molecule has 0 saturated carbocycles. The van der Waals surface area contributed by atoms with Crippen molar-refractivity contribution in [1.82, 2.24) is 0 Å². The van der Waals surface area contributed by atoms with E-state index in [0.29, 0.717) is 21.4 Å². The predicted molar refractivity (Wildman–Crippen MR) is 115 cm³/mol. The fraction of sp³-hybridized carbons (Fsp3) is 0.0455. The number of carbonyl (C=O) groups is 1. The summed E-state index contributed by atoms with van der Waals surface area (Å²) in [6, 6.07) is 16.8. The lowest BCUT2D eigenvalue weighted by atomic mass is 10.1. The molecule has 30 heavy (non-hydrogen) atoms. The van der Waals surface area contributed by atoms with E-state index in [1.807, 2.05) is 0 Å². The number of allylic oxidation sites excluding steroid dienone is 1. The zero-order chi connectivity index (χ0) is 21.1. The van der Waals surface area contributed by atoms with Gasteiger partial charge in [0.2, 0.25) is 6.79 Å². The monoisotopic (exact) mass is 439 g/mol. The molecular weight excluding hydrogens is 426 g/mol. The SMILES string of the molecule is O=C(/C=C/c1ccc2c(c1)OCO2)c1ccc(Sc2ccc(Cl)cc2)c([N+](=O)[O-])c1. The number of hydrogen-bond acceptors (Lipinski definition) is 6. The highest BCUT2D eigenvalue weighted by molar-refractivity contribution is 7.99. The number of hydrogen-bond donors (Lipinski definition) is 0. The fourth-order valence-electron chi connectivity index (χ4n) is 2.81. The first kappa shape index (κ1) is 20.0. The second-order valence-electron chi connectivity index (χ2n) is 6.31. The molecule has 0 fully saturated rings. The van der Waals surface area contributed by atoms with Crippen molar-refractivity contribution in [1.29, 1.82) is 0 Å².